The molecule has 0 saturated carbocycles. The van der Waals surface area contributed by atoms with Crippen molar-refractivity contribution in [3.63, 3.8) is 0 Å². The summed E-state index contributed by atoms with van der Waals surface area (Å²) in [6.07, 6.45) is 1.09. The number of para-hydroxylation sites is 1. The number of hydrogen-bond donors (Lipinski definition) is 2. The molecule has 0 fully saturated rings. The molecule has 1 rings (SSSR count). The smallest absolute Gasteiger partial charge is 0.240 e. The maximum atomic E-state index is 11.3. The first-order valence-electron chi connectivity index (χ1n) is 5.40. The first-order chi connectivity index (χ1) is 7.86. The van der Waals surface area contributed by atoms with Gasteiger partial charge in [0.05, 0.1) is 5.69 Å². The average molecular weight is 274 g/mol. The molecule has 0 heterocycles. The second-order valence-electron chi connectivity index (χ2n) is 4.04. The lowest BCUT2D eigenvalue weighted by molar-refractivity contribution is 0.598. The fourth-order valence-electron chi connectivity index (χ4n) is 1.25. The van der Waals surface area contributed by atoms with Gasteiger partial charge >= 0.3 is 0 Å². The van der Waals surface area contributed by atoms with Crippen LogP contribution in [0.5, 0.6) is 0 Å². The predicted octanol–water partition coefficient (Wildman–Crippen LogP) is 2.05. The molecule has 0 radical (unpaired) electrons. The van der Waals surface area contributed by atoms with Gasteiger partial charge in [-0.3, -0.25) is 0 Å². The maximum absolute atomic E-state index is 11.3. The molecular formula is C11H18N2O2S2. The van der Waals surface area contributed by atoms with Crippen LogP contribution in [-0.4, -0.2) is 14.2 Å². The summed E-state index contributed by atoms with van der Waals surface area (Å²) in [5, 5.41) is 5.09. The number of primary sulfonamides is 1. The van der Waals surface area contributed by atoms with Gasteiger partial charge in [0.1, 0.15) is 4.90 Å². The van der Waals surface area contributed by atoms with Crippen LogP contribution >= 0.6 is 11.8 Å². The normalized spacial score (nSPS) is 13.6. The average Bonchev–Trinajstić information content (AvgIpc) is 2.25. The molecule has 1 unspecified atom stereocenters. The van der Waals surface area contributed by atoms with Gasteiger partial charge in [-0.15, -0.1) is 11.8 Å². The van der Waals surface area contributed by atoms with E-state index in [-0.39, 0.29) is 10.6 Å². The van der Waals surface area contributed by atoms with Gasteiger partial charge in [0, 0.05) is 10.6 Å². The zero-order valence-electron chi connectivity index (χ0n) is 10.0. The summed E-state index contributed by atoms with van der Waals surface area (Å²) >= 11 is 1.56. The lowest BCUT2D eigenvalue weighted by atomic mass is 10.2. The van der Waals surface area contributed by atoms with Crippen LogP contribution in [0.25, 0.3) is 0 Å². The van der Waals surface area contributed by atoms with E-state index < -0.39 is 10.0 Å². The van der Waals surface area contributed by atoms with E-state index in [0.717, 1.165) is 17.1 Å². The van der Waals surface area contributed by atoms with Crippen LogP contribution in [-0.2, 0) is 10.0 Å². The van der Waals surface area contributed by atoms with E-state index >= 15 is 0 Å². The Hall–Kier alpha value is -0.720. The maximum Gasteiger partial charge on any atom is 0.240 e. The summed E-state index contributed by atoms with van der Waals surface area (Å²) in [6, 6.07) is 4.91. The van der Waals surface area contributed by atoms with E-state index in [0.29, 0.717) is 5.92 Å². The number of rotatable bonds is 5. The fraction of sp³-hybridized carbons (Fsp3) is 0.455. The number of thioether (sulfide) groups is 1. The van der Waals surface area contributed by atoms with Crippen LogP contribution in [0.15, 0.2) is 28.0 Å². The van der Waals surface area contributed by atoms with Gasteiger partial charge in [0.25, 0.3) is 0 Å². The minimum absolute atomic E-state index is 0.00616. The van der Waals surface area contributed by atoms with E-state index in [1.54, 1.807) is 17.8 Å². The fourth-order valence-corrected chi connectivity index (χ4v) is 3.14. The van der Waals surface area contributed by atoms with Gasteiger partial charge < -0.3 is 5.73 Å². The van der Waals surface area contributed by atoms with E-state index in [9.17, 15) is 8.42 Å². The summed E-state index contributed by atoms with van der Waals surface area (Å²) in [5.74, 6) is 1.48. The topological polar surface area (TPSA) is 86.2 Å². The predicted molar refractivity (Wildman–Crippen MR) is 72.4 cm³/mol. The van der Waals surface area contributed by atoms with Crippen molar-refractivity contribution in [3.8, 4) is 0 Å². The highest BCUT2D eigenvalue weighted by Crippen LogP contribution is 2.31. The molecule has 0 bridgehead atoms. The number of sulfonamides is 1. The Bertz CT molecular complexity index is 486. The molecular weight excluding hydrogens is 256 g/mol. The minimum atomic E-state index is -3.74. The molecule has 17 heavy (non-hydrogen) atoms. The summed E-state index contributed by atoms with van der Waals surface area (Å²) < 4.78 is 22.6. The molecule has 1 atom stereocenters. The largest absolute Gasteiger partial charge is 0.397 e. The zero-order chi connectivity index (χ0) is 13.1. The Balaban J connectivity index is 2.96. The second kappa shape index (κ2) is 5.75. The quantitative estimate of drug-likeness (QED) is 0.635. The SMILES string of the molecule is CCC(C)CSc1cccc(S(N)(=O)=O)c1N. The third kappa shape index (κ3) is 3.90. The Morgan fingerprint density at radius 1 is 1.41 bits per heavy atom. The van der Waals surface area contributed by atoms with Crippen molar-refractivity contribution in [2.75, 3.05) is 11.5 Å². The molecule has 0 amide bonds. The van der Waals surface area contributed by atoms with Gasteiger partial charge in [-0.1, -0.05) is 26.3 Å². The second-order valence-corrected chi connectivity index (χ2v) is 6.63. The number of anilines is 1. The van der Waals surface area contributed by atoms with Gasteiger partial charge in [0.2, 0.25) is 10.0 Å². The van der Waals surface area contributed by atoms with Crippen LogP contribution in [0.1, 0.15) is 20.3 Å². The van der Waals surface area contributed by atoms with Crippen molar-refractivity contribution in [2.24, 2.45) is 11.1 Å². The van der Waals surface area contributed by atoms with Gasteiger partial charge in [-0.25, -0.2) is 13.6 Å². The van der Waals surface area contributed by atoms with Crippen LogP contribution in [0, 0.1) is 5.92 Å². The first kappa shape index (κ1) is 14.3. The van der Waals surface area contributed by atoms with Crippen LogP contribution < -0.4 is 10.9 Å². The summed E-state index contributed by atoms with van der Waals surface area (Å²) in [4.78, 5) is 0.781. The molecule has 96 valence electrons. The van der Waals surface area contributed by atoms with Gasteiger partial charge in [0.15, 0.2) is 0 Å². The third-order valence-corrected chi connectivity index (χ3v) is 4.92. The molecule has 0 aliphatic heterocycles. The lowest BCUT2D eigenvalue weighted by Gasteiger charge is -2.11. The molecule has 0 aliphatic carbocycles. The van der Waals surface area contributed by atoms with E-state index in [1.165, 1.54) is 6.07 Å². The molecule has 6 heteroatoms. The highest BCUT2D eigenvalue weighted by atomic mass is 32.2. The van der Waals surface area contributed by atoms with Crippen LogP contribution in [0.4, 0.5) is 5.69 Å². The van der Waals surface area contributed by atoms with E-state index in [1.807, 2.05) is 6.07 Å². The standard InChI is InChI=1S/C11H18N2O2S2/c1-3-8(2)7-16-9-5-4-6-10(11(9)12)17(13,14)15/h4-6,8H,3,7,12H2,1-2H3,(H2,13,14,15). The highest BCUT2D eigenvalue weighted by molar-refractivity contribution is 7.99. The van der Waals surface area contributed by atoms with Gasteiger partial charge in [-0.05, 0) is 18.1 Å². The number of nitrogen functional groups attached to an aromatic ring is 1. The zero-order valence-corrected chi connectivity index (χ0v) is 11.6. The first-order valence-corrected chi connectivity index (χ1v) is 7.93. The summed E-state index contributed by atoms with van der Waals surface area (Å²) in [7, 11) is -3.74. The van der Waals surface area contributed by atoms with Crippen molar-refractivity contribution < 1.29 is 8.42 Å². The van der Waals surface area contributed by atoms with Crippen molar-refractivity contribution in [3.05, 3.63) is 18.2 Å². The molecule has 4 nitrogen and oxygen atoms in total. The molecule has 4 N–H and O–H groups in total. The van der Waals surface area contributed by atoms with Crippen molar-refractivity contribution >= 4 is 27.5 Å². The molecule has 0 saturated heterocycles. The monoisotopic (exact) mass is 274 g/mol. The number of hydrogen-bond acceptors (Lipinski definition) is 4. The molecule has 0 aliphatic rings. The van der Waals surface area contributed by atoms with E-state index in [4.69, 9.17) is 10.9 Å². The Kier molecular flexibility index (Phi) is 4.85. The molecule has 0 spiro atoms. The van der Waals surface area contributed by atoms with Crippen molar-refractivity contribution in [2.45, 2.75) is 30.1 Å². The van der Waals surface area contributed by atoms with Crippen molar-refractivity contribution in [1.29, 1.82) is 0 Å². The summed E-state index contributed by atoms with van der Waals surface area (Å²) in [5.41, 5.74) is 6.07. The Labute approximate surface area is 107 Å². The van der Waals surface area contributed by atoms with Gasteiger partial charge in [-0.2, -0.15) is 0 Å². The highest BCUT2D eigenvalue weighted by Gasteiger charge is 2.15. The number of benzene rings is 1. The summed E-state index contributed by atoms with van der Waals surface area (Å²) in [6.45, 7) is 4.27. The molecule has 0 aromatic heterocycles. The Morgan fingerprint density at radius 2 is 2.06 bits per heavy atom. The van der Waals surface area contributed by atoms with Crippen LogP contribution in [0.2, 0.25) is 0 Å². The lowest BCUT2D eigenvalue weighted by Crippen LogP contribution is -2.14. The Morgan fingerprint density at radius 3 is 2.59 bits per heavy atom. The third-order valence-electron chi connectivity index (χ3n) is 2.55. The molecule has 1 aromatic rings. The van der Waals surface area contributed by atoms with E-state index in [2.05, 4.69) is 13.8 Å². The minimum Gasteiger partial charge on any atom is -0.397 e. The van der Waals surface area contributed by atoms with Crippen LogP contribution in [0.3, 0.4) is 0 Å². The molecule has 1 aromatic carbocycles. The van der Waals surface area contributed by atoms with Crippen molar-refractivity contribution in [1.82, 2.24) is 0 Å². The number of nitrogens with two attached hydrogens (primary N) is 2.